The minimum absolute atomic E-state index is 0.620. The number of unbranched alkanes of at least 4 members (excludes halogenated alkanes) is 3. The van der Waals surface area contributed by atoms with Gasteiger partial charge in [0.25, 0.3) is 0 Å². The van der Waals surface area contributed by atoms with Crippen LogP contribution in [0.2, 0.25) is 0 Å². The van der Waals surface area contributed by atoms with Gasteiger partial charge in [-0.15, -0.1) is 11.3 Å². The lowest BCUT2D eigenvalue weighted by atomic mass is 10.2. The molecule has 1 rings (SSSR count). The van der Waals surface area contributed by atoms with Gasteiger partial charge in [-0.2, -0.15) is 0 Å². The molecule has 1 aromatic heterocycles. The standard InChI is InChI=1S/C15H29N5S/c1-5-7-8-9-10-17-14(16-6-2)18-11-13-12-21-15(19-13)20(3)4/h12H,5-11H2,1-4H3,(H2,16,17,18). The van der Waals surface area contributed by atoms with Gasteiger partial charge < -0.3 is 15.5 Å². The minimum atomic E-state index is 0.620. The molecular weight excluding hydrogens is 282 g/mol. The number of nitrogens with zero attached hydrogens (tertiary/aromatic N) is 3. The van der Waals surface area contributed by atoms with Crippen molar-refractivity contribution in [3.8, 4) is 0 Å². The average Bonchev–Trinajstić information content (AvgIpc) is 2.93. The van der Waals surface area contributed by atoms with E-state index >= 15 is 0 Å². The van der Waals surface area contributed by atoms with Crippen LogP contribution in [0.3, 0.4) is 0 Å². The number of hydrogen-bond donors (Lipinski definition) is 2. The summed E-state index contributed by atoms with van der Waals surface area (Å²) in [4.78, 5) is 11.2. The topological polar surface area (TPSA) is 52.6 Å². The fourth-order valence-corrected chi connectivity index (χ4v) is 2.58. The molecule has 0 aliphatic rings. The van der Waals surface area contributed by atoms with Crippen molar-refractivity contribution in [1.29, 1.82) is 0 Å². The quantitative estimate of drug-likeness (QED) is 0.418. The van der Waals surface area contributed by atoms with E-state index in [1.165, 1.54) is 25.7 Å². The van der Waals surface area contributed by atoms with Crippen LogP contribution in [-0.2, 0) is 6.54 Å². The van der Waals surface area contributed by atoms with Gasteiger partial charge in [0.2, 0.25) is 0 Å². The first-order chi connectivity index (χ1) is 10.2. The SMILES string of the molecule is CCCCCCNC(=NCc1csc(N(C)C)n1)NCC. The Morgan fingerprint density at radius 1 is 1.24 bits per heavy atom. The summed E-state index contributed by atoms with van der Waals surface area (Å²) in [5, 5.41) is 9.76. The highest BCUT2D eigenvalue weighted by molar-refractivity contribution is 7.13. The van der Waals surface area contributed by atoms with E-state index < -0.39 is 0 Å². The molecule has 21 heavy (non-hydrogen) atoms. The van der Waals surface area contributed by atoms with E-state index in [0.29, 0.717) is 6.54 Å². The van der Waals surface area contributed by atoms with Crippen molar-refractivity contribution >= 4 is 22.4 Å². The lowest BCUT2D eigenvalue weighted by Gasteiger charge is -2.10. The smallest absolute Gasteiger partial charge is 0.191 e. The van der Waals surface area contributed by atoms with Gasteiger partial charge in [-0.1, -0.05) is 26.2 Å². The minimum Gasteiger partial charge on any atom is -0.357 e. The van der Waals surface area contributed by atoms with Crippen molar-refractivity contribution in [3.05, 3.63) is 11.1 Å². The number of nitrogens with one attached hydrogen (secondary N) is 2. The fourth-order valence-electron chi connectivity index (χ4n) is 1.83. The fraction of sp³-hybridized carbons (Fsp3) is 0.733. The number of guanidine groups is 1. The molecule has 0 saturated heterocycles. The van der Waals surface area contributed by atoms with Gasteiger partial charge in [0, 0.05) is 32.6 Å². The molecule has 0 amide bonds. The Morgan fingerprint density at radius 2 is 2.05 bits per heavy atom. The van der Waals surface area contributed by atoms with Crippen LogP contribution in [0.5, 0.6) is 0 Å². The zero-order chi connectivity index (χ0) is 15.5. The van der Waals surface area contributed by atoms with Crippen molar-refractivity contribution in [2.75, 3.05) is 32.1 Å². The molecule has 1 aromatic rings. The van der Waals surface area contributed by atoms with E-state index in [1.807, 2.05) is 19.0 Å². The molecule has 5 nitrogen and oxygen atoms in total. The van der Waals surface area contributed by atoms with Crippen molar-refractivity contribution < 1.29 is 0 Å². The molecule has 0 unspecified atom stereocenters. The highest BCUT2D eigenvalue weighted by Crippen LogP contribution is 2.18. The van der Waals surface area contributed by atoms with Gasteiger partial charge in [0.15, 0.2) is 11.1 Å². The molecule has 0 aromatic carbocycles. The maximum atomic E-state index is 4.59. The highest BCUT2D eigenvalue weighted by atomic mass is 32.1. The van der Waals surface area contributed by atoms with Crippen LogP contribution in [0.25, 0.3) is 0 Å². The number of anilines is 1. The maximum Gasteiger partial charge on any atom is 0.191 e. The van der Waals surface area contributed by atoms with E-state index in [9.17, 15) is 0 Å². The normalized spacial score (nSPS) is 11.5. The summed E-state index contributed by atoms with van der Waals surface area (Å²) in [7, 11) is 4.02. The molecule has 0 atom stereocenters. The first-order valence-corrected chi connectivity index (χ1v) is 8.69. The molecule has 2 N–H and O–H groups in total. The average molecular weight is 311 g/mol. The van der Waals surface area contributed by atoms with E-state index in [-0.39, 0.29) is 0 Å². The van der Waals surface area contributed by atoms with Crippen molar-refractivity contribution in [2.24, 2.45) is 4.99 Å². The predicted molar refractivity (Wildman–Crippen MR) is 93.4 cm³/mol. The number of aliphatic imine (C=N–C) groups is 1. The number of rotatable bonds is 9. The maximum absolute atomic E-state index is 4.59. The molecular formula is C15H29N5S. The van der Waals surface area contributed by atoms with Crippen LogP contribution >= 0.6 is 11.3 Å². The molecule has 0 fully saturated rings. The van der Waals surface area contributed by atoms with Crippen molar-refractivity contribution in [3.63, 3.8) is 0 Å². The van der Waals surface area contributed by atoms with Crippen LogP contribution in [-0.4, -0.2) is 38.1 Å². The van der Waals surface area contributed by atoms with Gasteiger partial charge in [-0.05, 0) is 13.3 Å². The number of thiazole rings is 1. The van der Waals surface area contributed by atoms with Gasteiger partial charge >= 0.3 is 0 Å². The summed E-state index contributed by atoms with van der Waals surface area (Å²) in [6.07, 6.45) is 5.05. The Hall–Kier alpha value is -1.30. The second-order valence-corrected chi connectivity index (χ2v) is 6.03. The van der Waals surface area contributed by atoms with E-state index in [2.05, 4.69) is 39.8 Å². The Kier molecular flexibility index (Phi) is 8.82. The third kappa shape index (κ3) is 7.32. The number of hydrogen-bond acceptors (Lipinski definition) is 4. The predicted octanol–water partition coefficient (Wildman–Crippen LogP) is 2.84. The van der Waals surface area contributed by atoms with Gasteiger partial charge in [0.1, 0.15) is 0 Å². The molecule has 6 heteroatoms. The third-order valence-corrected chi connectivity index (χ3v) is 4.05. The molecule has 120 valence electrons. The second kappa shape index (κ2) is 10.4. The summed E-state index contributed by atoms with van der Waals surface area (Å²) >= 11 is 1.65. The molecule has 0 bridgehead atoms. The van der Waals surface area contributed by atoms with E-state index in [0.717, 1.165) is 29.9 Å². The van der Waals surface area contributed by atoms with Gasteiger partial charge in [0.05, 0.1) is 12.2 Å². The van der Waals surface area contributed by atoms with Gasteiger partial charge in [-0.3, -0.25) is 0 Å². The summed E-state index contributed by atoms with van der Waals surface area (Å²) in [5.74, 6) is 0.883. The van der Waals surface area contributed by atoms with Crippen LogP contribution in [0.4, 0.5) is 5.13 Å². The van der Waals surface area contributed by atoms with E-state index in [1.54, 1.807) is 11.3 Å². The Morgan fingerprint density at radius 3 is 2.67 bits per heavy atom. The largest absolute Gasteiger partial charge is 0.357 e. The van der Waals surface area contributed by atoms with Gasteiger partial charge in [-0.25, -0.2) is 9.98 Å². The summed E-state index contributed by atoms with van der Waals surface area (Å²) in [5.41, 5.74) is 1.02. The molecule has 0 aliphatic heterocycles. The first kappa shape index (κ1) is 17.8. The Bertz CT molecular complexity index is 414. The summed E-state index contributed by atoms with van der Waals surface area (Å²) in [6, 6.07) is 0. The Balaban J connectivity index is 2.42. The molecule has 0 spiro atoms. The summed E-state index contributed by atoms with van der Waals surface area (Å²) in [6.45, 7) is 6.79. The number of aromatic nitrogens is 1. The van der Waals surface area contributed by atoms with Crippen molar-refractivity contribution in [2.45, 2.75) is 46.1 Å². The summed E-state index contributed by atoms with van der Waals surface area (Å²) < 4.78 is 0. The zero-order valence-electron chi connectivity index (χ0n) is 13.8. The van der Waals surface area contributed by atoms with Crippen LogP contribution in [0.1, 0.15) is 45.2 Å². The zero-order valence-corrected chi connectivity index (χ0v) is 14.6. The van der Waals surface area contributed by atoms with E-state index in [4.69, 9.17) is 0 Å². The van der Waals surface area contributed by atoms with Crippen molar-refractivity contribution in [1.82, 2.24) is 15.6 Å². The Labute approximate surface area is 132 Å². The first-order valence-electron chi connectivity index (χ1n) is 7.81. The lowest BCUT2D eigenvalue weighted by molar-refractivity contribution is 0.647. The molecule has 0 saturated carbocycles. The van der Waals surface area contributed by atoms with Crippen LogP contribution in [0.15, 0.2) is 10.4 Å². The monoisotopic (exact) mass is 311 g/mol. The second-order valence-electron chi connectivity index (χ2n) is 5.20. The molecule has 0 radical (unpaired) electrons. The third-order valence-electron chi connectivity index (χ3n) is 2.99. The molecule has 1 heterocycles. The molecule has 0 aliphatic carbocycles. The highest BCUT2D eigenvalue weighted by Gasteiger charge is 2.03. The van der Waals surface area contributed by atoms with Crippen LogP contribution < -0.4 is 15.5 Å². The van der Waals surface area contributed by atoms with Crippen LogP contribution in [0, 0.1) is 0 Å². The lowest BCUT2D eigenvalue weighted by Crippen LogP contribution is -2.37.